The lowest BCUT2D eigenvalue weighted by atomic mass is 10.0. The molecule has 1 aliphatic carbocycles. The highest BCUT2D eigenvalue weighted by atomic mass is 35.5. The Kier molecular flexibility index (Phi) is 6.56. The number of carbonyl (C=O) groups is 1. The number of furan rings is 1. The van der Waals surface area contributed by atoms with Gasteiger partial charge in [0.05, 0.1) is 17.0 Å². The predicted octanol–water partition coefficient (Wildman–Crippen LogP) is 6.71. The number of halogens is 2. The molecule has 0 radical (unpaired) electrons. The molecule has 9 heteroatoms. The largest absolute Gasteiger partial charge is 0.455 e. The molecule has 0 unspecified atom stereocenters. The van der Waals surface area contributed by atoms with Crippen molar-refractivity contribution in [3.05, 3.63) is 94.3 Å². The molecule has 4 aromatic rings. The number of carbonyl (C=O) groups excluding carboxylic acids is 1. The van der Waals surface area contributed by atoms with E-state index >= 15 is 0 Å². The summed E-state index contributed by atoms with van der Waals surface area (Å²) in [6, 6.07) is 14.1. The number of benzene rings is 3. The van der Waals surface area contributed by atoms with Crippen molar-refractivity contribution >= 4 is 50.3 Å². The molecule has 1 saturated carbocycles. The molecule has 5 rings (SSSR count). The van der Waals surface area contributed by atoms with E-state index in [1.165, 1.54) is 31.3 Å². The summed E-state index contributed by atoms with van der Waals surface area (Å²) in [6.45, 7) is 3.69. The molecular weight excluding hydrogens is 515 g/mol. The van der Waals surface area contributed by atoms with Crippen LogP contribution in [0.3, 0.4) is 0 Å². The van der Waals surface area contributed by atoms with Crippen molar-refractivity contribution in [2.24, 2.45) is 0 Å². The summed E-state index contributed by atoms with van der Waals surface area (Å²) in [7, 11) is -2.28. The van der Waals surface area contributed by atoms with Gasteiger partial charge in [0.2, 0.25) is 10.0 Å². The van der Waals surface area contributed by atoms with Gasteiger partial charge in [-0.25, -0.2) is 12.8 Å². The third-order valence-electron chi connectivity index (χ3n) is 6.34. The van der Waals surface area contributed by atoms with Crippen LogP contribution in [0, 0.1) is 5.82 Å². The lowest BCUT2D eigenvalue weighted by Crippen LogP contribution is -2.18. The molecular formula is C28H24ClFN2O4S. The molecule has 3 aromatic carbocycles. The van der Waals surface area contributed by atoms with E-state index in [0.29, 0.717) is 38.4 Å². The van der Waals surface area contributed by atoms with Gasteiger partial charge in [0.1, 0.15) is 17.2 Å². The van der Waals surface area contributed by atoms with Gasteiger partial charge in [0.25, 0.3) is 5.91 Å². The minimum atomic E-state index is -3.80. The van der Waals surface area contributed by atoms with E-state index in [0.717, 1.165) is 24.0 Å². The van der Waals surface area contributed by atoms with Gasteiger partial charge < -0.3 is 9.73 Å². The Morgan fingerprint density at radius 3 is 2.51 bits per heavy atom. The Labute approximate surface area is 219 Å². The molecule has 1 aromatic heterocycles. The second-order valence-corrected chi connectivity index (χ2v) is 11.2. The predicted molar refractivity (Wildman–Crippen MR) is 145 cm³/mol. The topological polar surface area (TPSA) is 88.4 Å². The molecule has 190 valence electrons. The van der Waals surface area contributed by atoms with Crippen LogP contribution in [0.5, 0.6) is 0 Å². The summed E-state index contributed by atoms with van der Waals surface area (Å²) in [4.78, 5) is 12.9. The van der Waals surface area contributed by atoms with Crippen LogP contribution in [-0.2, 0) is 15.8 Å². The molecule has 37 heavy (non-hydrogen) atoms. The van der Waals surface area contributed by atoms with Crippen molar-refractivity contribution in [2.75, 3.05) is 11.8 Å². The molecule has 1 fully saturated rings. The quantitative estimate of drug-likeness (QED) is 0.261. The summed E-state index contributed by atoms with van der Waals surface area (Å²) in [5.41, 5.74) is 3.66. The van der Waals surface area contributed by atoms with E-state index in [1.807, 2.05) is 6.07 Å². The number of amides is 1. The third kappa shape index (κ3) is 5.12. The lowest BCUT2D eigenvalue weighted by molar-refractivity contribution is 0.0964. The van der Waals surface area contributed by atoms with Crippen LogP contribution in [0.15, 0.2) is 65.6 Å². The number of hydrogen-bond donors (Lipinski definition) is 2. The monoisotopic (exact) mass is 538 g/mol. The minimum absolute atomic E-state index is 0.171. The second kappa shape index (κ2) is 9.68. The first kappa shape index (κ1) is 25.0. The Morgan fingerprint density at radius 1 is 1.16 bits per heavy atom. The first-order valence-electron chi connectivity index (χ1n) is 11.7. The molecule has 1 heterocycles. The Hall–Kier alpha value is -3.62. The first-order valence-corrected chi connectivity index (χ1v) is 13.7. The number of sulfonamides is 1. The number of anilines is 1. The Balaban J connectivity index is 1.57. The summed E-state index contributed by atoms with van der Waals surface area (Å²) in [6.07, 6.45) is 3.43. The Morgan fingerprint density at radius 2 is 1.89 bits per heavy atom. The third-order valence-corrected chi connectivity index (χ3v) is 7.92. The molecule has 0 spiro atoms. The number of hydrogen-bond acceptors (Lipinski definition) is 4. The highest BCUT2D eigenvalue weighted by Crippen LogP contribution is 2.47. The van der Waals surface area contributed by atoms with Gasteiger partial charge in [-0.3, -0.25) is 9.52 Å². The fourth-order valence-electron chi connectivity index (χ4n) is 4.38. The van der Waals surface area contributed by atoms with Crippen molar-refractivity contribution in [1.29, 1.82) is 0 Å². The van der Waals surface area contributed by atoms with Gasteiger partial charge in [0.15, 0.2) is 0 Å². The van der Waals surface area contributed by atoms with Crippen molar-refractivity contribution < 1.29 is 22.0 Å². The van der Waals surface area contributed by atoms with Crippen LogP contribution in [-0.4, -0.2) is 21.4 Å². The normalized spacial score (nSPS) is 13.5. The summed E-state index contributed by atoms with van der Waals surface area (Å²) < 4.78 is 48.6. The van der Waals surface area contributed by atoms with E-state index in [1.54, 1.807) is 30.3 Å². The van der Waals surface area contributed by atoms with Crippen LogP contribution in [0.25, 0.3) is 28.4 Å². The van der Waals surface area contributed by atoms with Gasteiger partial charge in [-0.1, -0.05) is 36.4 Å². The van der Waals surface area contributed by atoms with Crippen LogP contribution in [0.4, 0.5) is 10.1 Å². The number of nitrogens with one attached hydrogen (secondary N) is 2. The summed E-state index contributed by atoms with van der Waals surface area (Å²) in [5, 5.41) is 3.63. The average Bonchev–Trinajstić information content (AvgIpc) is 3.64. The van der Waals surface area contributed by atoms with Crippen LogP contribution < -0.4 is 10.0 Å². The van der Waals surface area contributed by atoms with Gasteiger partial charge in [-0.05, 0) is 71.8 Å². The summed E-state index contributed by atoms with van der Waals surface area (Å²) >= 11 is 6.22. The van der Waals surface area contributed by atoms with Crippen LogP contribution in [0.2, 0.25) is 5.02 Å². The molecule has 0 atom stereocenters. The second-order valence-electron chi connectivity index (χ2n) is 9.02. The maximum absolute atomic E-state index is 13.5. The maximum atomic E-state index is 13.5. The van der Waals surface area contributed by atoms with Gasteiger partial charge in [-0.2, -0.15) is 0 Å². The van der Waals surface area contributed by atoms with Crippen molar-refractivity contribution in [2.45, 2.75) is 24.5 Å². The number of rotatable bonds is 8. The molecule has 0 aliphatic heterocycles. The maximum Gasteiger partial charge on any atom is 0.255 e. The van der Waals surface area contributed by atoms with Crippen LogP contribution >= 0.6 is 11.6 Å². The minimum Gasteiger partial charge on any atom is -0.455 e. The highest BCUT2D eigenvalue weighted by molar-refractivity contribution is 7.91. The highest BCUT2D eigenvalue weighted by Gasteiger charge is 2.31. The molecule has 2 N–H and O–H groups in total. The van der Waals surface area contributed by atoms with E-state index in [9.17, 15) is 17.6 Å². The zero-order chi connectivity index (χ0) is 26.3. The van der Waals surface area contributed by atoms with Gasteiger partial charge in [-0.15, -0.1) is 0 Å². The molecule has 1 amide bonds. The smallest absolute Gasteiger partial charge is 0.255 e. The van der Waals surface area contributed by atoms with Crippen molar-refractivity contribution in [3.8, 4) is 11.3 Å². The first-order chi connectivity index (χ1) is 17.7. The SMILES string of the molecule is C=Cc1ccc(CS(=O)(=O)Nc2cc3oc(-c4ccc(F)cc4)c(C(=O)NC)c3cc2C2CC2)cc1Cl. The van der Waals surface area contributed by atoms with Crippen molar-refractivity contribution in [3.63, 3.8) is 0 Å². The zero-order valence-electron chi connectivity index (χ0n) is 20.0. The van der Waals surface area contributed by atoms with Gasteiger partial charge in [0, 0.05) is 29.1 Å². The number of fused-ring (bicyclic) bond motifs is 1. The average molecular weight is 539 g/mol. The molecule has 0 bridgehead atoms. The van der Waals surface area contributed by atoms with Crippen LogP contribution in [0.1, 0.15) is 45.8 Å². The fraction of sp³-hybridized carbons (Fsp3) is 0.179. The molecule has 0 saturated heterocycles. The molecule has 6 nitrogen and oxygen atoms in total. The lowest BCUT2D eigenvalue weighted by Gasteiger charge is -2.13. The summed E-state index contributed by atoms with van der Waals surface area (Å²) in [5.74, 6) is -0.574. The van der Waals surface area contributed by atoms with E-state index < -0.39 is 15.8 Å². The van der Waals surface area contributed by atoms with E-state index in [2.05, 4.69) is 16.6 Å². The van der Waals surface area contributed by atoms with Gasteiger partial charge >= 0.3 is 0 Å². The van der Waals surface area contributed by atoms with E-state index in [-0.39, 0.29) is 23.3 Å². The zero-order valence-corrected chi connectivity index (χ0v) is 21.5. The Bertz CT molecular complexity index is 1640. The van der Waals surface area contributed by atoms with E-state index in [4.69, 9.17) is 16.0 Å². The molecule has 1 aliphatic rings. The fourth-order valence-corrected chi connectivity index (χ4v) is 5.87. The van der Waals surface area contributed by atoms with Crippen molar-refractivity contribution in [1.82, 2.24) is 5.32 Å². The standard InChI is InChI=1S/C28H24ClFN2O4S/c1-3-17-5-4-16(12-23(17)29)15-37(34,35)32-24-14-25-22(13-21(24)18-6-7-18)26(28(33)31-2)27(36-25)19-8-10-20(30)11-9-19/h3-5,8-14,18,32H,1,6-7,15H2,2H3,(H,31,33).